The van der Waals surface area contributed by atoms with Gasteiger partial charge in [0.15, 0.2) is 11.5 Å². The fourth-order valence-electron chi connectivity index (χ4n) is 3.58. The van der Waals surface area contributed by atoms with E-state index in [0.717, 1.165) is 48.7 Å². The Labute approximate surface area is 136 Å². The lowest BCUT2D eigenvalue weighted by Crippen LogP contribution is -2.35. The Bertz CT molecular complexity index is 698. The van der Waals surface area contributed by atoms with E-state index in [0.29, 0.717) is 12.6 Å². The summed E-state index contributed by atoms with van der Waals surface area (Å²) < 4.78 is 11.8. The molecule has 1 atom stereocenters. The highest BCUT2D eigenvalue weighted by Gasteiger charge is 2.30. The summed E-state index contributed by atoms with van der Waals surface area (Å²) >= 11 is 0. The second-order valence-corrected chi connectivity index (χ2v) is 6.10. The van der Waals surface area contributed by atoms with Crippen LogP contribution in [-0.4, -0.2) is 20.2 Å². The highest BCUT2D eigenvalue weighted by atomic mass is 16.5. The molecule has 0 spiro atoms. The van der Waals surface area contributed by atoms with Gasteiger partial charge in [0.1, 0.15) is 6.61 Å². The Balaban J connectivity index is 1.72. The summed E-state index contributed by atoms with van der Waals surface area (Å²) in [4.78, 5) is 0. The molecular formula is C19H22N2O2. The van der Waals surface area contributed by atoms with Crippen molar-refractivity contribution in [2.75, 3.05) is 25.5 Å². The zero-order chi connectivity index (χ0) is 15.6. The van der Waals surface area contributed by atoms with E-state index in [1.807, 2.05) is 18.2 Å². The maximum Gasteiger partial charge on any atom is 0.185 e. The molecule has 4 nitrogen and oxygen atoms in total. The zero-order valence-electron chi connectivity index (χ0n) is 13.4. The third kappa shape index (κ3) is 2.63. The standard InChI is InChI=1S/C19H22N2O2/c1-22-16-11-14-7-9-20-15-8-10-21-18(17(14)15)19(16)23-12-13-5-3-2-4-6-13/h2-6,11,15,20-21H,7-10,12H2,1H3/t15-/m1/s1. The Kier molecular flexibility index (Phi) is 3.83. The molecule has 0 bridgehead atoms. The molecule has 0 aromatic heterocycles. The molecule has 0 amide bonds. The minimum atomic E-state index is 0.431. The van der Waals surface area contributed by atoms with Crippen molar-refractivity contribution in [2.24, 2.45) is 0 Å². The van der Waals surface area contributed by atoms with Crippen molar-refractivity contribution in [3.8, 4) is 11.5 Å². The molecule has 0 saturated heterocycles. The van der Waals surface area contributed by atoms with Crippen LogP contribution in [0.4, 0.5) is 5.69 Å². The average Bonchev–Trinajstić information content (AvgIpc) is 2.62. The average molecular weight is 310 g/mol. The van der Waals surface area contributed by atoms with Crippen LogP contribution in [0, 0.1) is 0 Å². The number of rotatable bonds is 4. The maximum absolute atomic E-state index is 6.17. The number of hydrogen-bond donors (Lipinski definition) is 2. The Hall–Kier alpha value is -2.20. The number of benzene rings is 2. The number of nitrogens with one attached hydrogen (secondary N) is 2. The van der Waals surface area contributed by atoms with E-state index in [4.69, 9.17) is 9.47 Å². The lowest BCUT2D eigenvalue weighted by atomic mass is 9.87. The molecule has 0 saturated carbocycles. The molecule has 0 aliphatic carbocycles. The fraction of sp³-hybridized carbons (Fsp3) is 0.368. The summed E-state index contributed by atoms with van der Waals surface area (Å²) in [6, 6.07) is 12.8. The molecule has 0 unspecified atom stereocenters. The van der Waals surface area contributed by atoms with Gasteiger partial charge in [-0.2, -0.15) is 0 Å². The number of methoxy groups -OCH3 is 1. The van der Waals surface area contributed by atoms with Gasteiger partial charge in [0.05, 0.1) is 12.8 Å². The molecule has 2 aromatic rings. The number of anilines is 1. The molecule has 2 aliphatic rings. The predicted molar refractivity (Wildman–Crippen MR) is 91.3 cm³/mol. The first-order chi connectivity index (χ1) is 11.4. The van der Waals surface area contributed by atoms with Gasteiger partial charge < -0.3 is 20.1 Å². The van der Waals surface area contributed by atoms with Gasteiger partial charge in [0.25, 0.3) is 0 Å². The van der Waals surface area contributed by atoms with Crippen LogP contribution in [0.2, 0.25) is 0 Å². The summed E-state index contributed by atoms with van der Waals surface area (Å²) in [5.41, 5.74) is 5.01. The van der Waals surface area contributed by atoms with E-state index < -0.39 is 0 Å². The van der Waals surface area contributed by atoms with E-state index in [-0.39, 0.29) is 0 Å². The second-order valence-electron chi connectivity index (χ2n) is 6.10. The first-order valence-electron chi connectivity index (χ1n) is 8.24. The van der Waals surface area contributed by atoms with Crippen LogP contribution in [-0.2, 0) is 13.0 Å². The van der Waals surface area contributed by atoms with Gasteiger partial charge in [0, 0.05) is 12.6 Å². The van der Waals surface area contributed by atoms with Crippen LogP contribution in [0.1, 0.15) is 29.2 Å². The topological polar surface area (TPSA) is 42.5 Å². The smallest absolute Gasteiger partial charge is 0.185 e. The van der Waals surface area contributed by atoms with Crippen molar-refractivity contribution in [2.45, 2.75) is 25.5 Å². The van der Waals surface area contributed by atoms with Gasteiger partial charge in [0.2, 0.25) is 0 Å². The summed E-state index contributed by atoms with van der Waals surface area (Å²) in [5.74, 6) is 1.66. The van der Waals surface area contributed by atoms with Crippen molar-refractivity contribution >= 4 is 5.69 Å². The molecule has 120 valence electrons. The van der Waals surface area contributed by atoms with E-state index in [1.54, 1.807) is 7.11 Å². The van der Waals surface area contributed by atoms with E-state index in [2.05, 4.69) is 28.8 Å². The van der Waals surface area contributed by atoms with Gasteiger partial charge in [-0.25, -0.2) is 0 Å². The van der Waals surface area contributed by atoms with Crippen LogP contribution in [0.5, 0.6) is 11.5 Å². The predicted octanol–water partition coefficient (Wildman–Crippen LogP) is 3.28. The van der Waals surface area contributed by atoms with Crippen LogP contribution < -0.4 is 20.1 Å². The van der Waals surface area contributed by atoms with Crippen LogP contribution in [0.3, 0.4) is 0 Å². The summed E-state index contributed by atoms with van der Waals surface area (Å²) in [5, 5.41) is 7.16. The maximum atomic E-state index is 6.17. The third-order valence-corrected chi connectivity index (χ3v) is 4.69. The minimum absolute atomic E-state index is 0.431. The molecular weight excluding hydrogens is 288 g/mol. The highest BCUT2D eigenvalue weighted by Crippen LogP contribution is 2.47. The molecule has 0 fully saturated rings. The summed E-state index contributed by atoms with van der Waals surface area (Å²) in [7, 11) is 1.71. The summed E-state index contributed by atoms with van der Waals surface area (Å²) in [6.45, 7) is 2.53. The lowest BCUT2D eigenvalue weighted by molar-refractivity contribution is 0.284. The largest absolute Gasteiger partial charge is 0.493 e. The molecule has 2 heterocycles. The molecule has 23 heavy (non-hydrogen) atoms. The van der Waals surface area contributed by atoms with Crippen molar-refractivity contribution < 1.29 is 9.47 Å². The minimum Gasteiger partial charge on any atom is -0.493 e. The SMILES string of the molecule is COc1cc2c3c(c1OCc1ccccc1)NCC[C@H]3NCC2. The molecule has 4 heteroatoms. The van der Waals surface area contributed by atoms with Crippen LogP contribution in [0.15, 0.2) is 36.4 Å². The third-order valence-electron chi connectivity index (χ3n) is 4.69. The normalized spacial score (nSPS) is 18.7. The number of hydrogen-bond acceptors (Lipinski definition) is 4. The lowest BCUT2D eigenvalue weighted by Gasteiger charge is -2.35. The van der Waals surface area contributed by atoms with E-state index in [1.165, 1.54) is 11.1 Å². The van der Waals surface area contributed by atoms with Crippen molar-refractivity contribution in [3.63, 3.8) is 0 Å². The van der Waals surface area contributed by atoms with Gasteiger partial charge in [-0.1, -0.05) is 30.3 Å². The molecule has 2 aromatic carbocycles. The Morgan fingerprint density at radius 2 is 2.04 bits per heavy atom. The number of ether oxygens (including phenoxy) is 2. The van der Waals surface area contributed by atoms with E-state index in [9.17, 15) is 0 Å². The van der Waals surface area contributed by atoms with Crippen molar-refractivity contribution in [1.29, 1.82) is 0 Å². The first kappa shape index (κ1) is 14.4. The second kappa shape index (κ2) is 6.13. The van der Waals surface area contributed by atoms with E-state index >= 15 is 0 Å². The van der Waals surface area contributed by atoms with Crippen LogP contribution >= 0.6 is 0 Å². The Morgan fingerprint density at radius 1 is 1.17 bits per heavy atom. The van der Waals surface area contributed by atoms with Gasteiger partial charge in [-0.15, -0.1) is 0 Å². The fourth-order valence-corrected chi connectivity index (χ4v) is 3.58. The first-order valence-corrected chi connectivity index (χ1v) is 8.24. The van der Waals surface area contributed by atoms with Crippen LogP contribution in [0.25, 0.3) is 0 Å². The quantitative estimate of drug-likeness (QED) is 0.909. The zero-order valence-corrected chi connectivity index (χ0v) is 13.4. The molecule has 2 N–H and O–H groups in total. The van der Waals surface area contributed by atoms with Crippen molar-refractivity contribution in [3.05, 3.63) is 53.1 Å². The summed E-state index contributed by atoms with van der Waals surface area (Å²) in [6.07, 6.45) is 2.15. The van der Waals surface area contributed by atoms with Gasteiger partial charge >= 0.3 is 0 Å². The van der Waals surface area contributed by atoms with Crippen molar-refractivity contribution in [1.82, 2.24) is 5.32 Å². The Morgan fingerprint density at radius 3 is 2.87 bits per heavy atom. The monoisotopic (exact) mass is 310 g/mol. The molecule has 4 rings (SSSR count). The molecule has 2 aliphatic heterocycles. The van der Waals surface area contributed by atoms with Gasteiger partial charge in [-0.05, 0) is 42.1 Å². The highest BCUT2D eigenvalue weighted by molar-refractivity contribution is 5.72. The molecule has 0 radical (unpaired) electrons. The van der Waals surface area contributed by atoms with Gasteiger partial charge in [-0.3, -0.25) is 0 Å².